The van der Waals surface area contributed by atoms with Gasteiger partial charge in [-0.05, 0) is 31.5 Å². The Hall–Kier alpha value is -1.51. The number of fused-ring (bicyclic) bond motifs is 1. The van der Waals surface area contributed by atoms with E-state index >= 15 is 0 Å². The maximum Gasteiger partial charge on any atom is 0.267 e. The van der Waals surface area contributed by atoms with Gasteiger partial charge in [0, 0.05) is 7.05 Å². The predicted octanol–water partition coefficient (Wildman–Crippen LogP) is 1.74. The minimum absolute atomic E-state index is 0.00287. The number of aryl methyl sites for hydroxylation is 1. The molecule has 0 spiro atoms. The topological polar surface area (TPSA) is 29.5 Å². The van der Waals surface area contributed by atoms with Crippen LogP contribution < -0.4 is 9.64 Å². The molecule has 1 unspecified atom stereocenters. The van der Waals surface area contributed by atoms with Gasteiger partial charge in [-0.2, -0.15) is 0 Å². The van der Waals surface area contributed by atoms with Gasteiger partial charge in [-0.1, -0.05) is 6.07 Å². The SMILES string of the molecule is Cc1ccc2c(c1)N(C)C(=O)C(C)O2. The van der Waals surface area contributed by atoms with Crippen LogP contribution in [0.2, 0.25) is 0 Å². The number of carbonyl (C=O) groups is 1. The monoisotopic (exact) mass is 191 g/mol. The van der Waals surface area contributed by atoms with Gasteiger partial charge in [0.05, 0.1) is 5.69 Å². The number of rotatable bonds is 0. The summed E-state index contributed by atoms with van der Waals surface area (Å²) in [5.74, 6) is 0.785. The maximum absolute atomic E-state index is 11.6. The van der Waals surface area contributed by atoms with Crippen LogP contribution in [-0.4, -0.2) is 19.1 Å². The van der Waals surface area contributed by atoms with Crippen LogP contribution >= 0.6 is 0 Å². The number of ether oxygens (including phenoxy) is 1. The molecule has 0 fully saturated rings. The Morgan fingerprint density at radius 1 is 1.43 bits per heavy atom. The lowest BCUT2D eigenvalue weighted by atomic mass is 10.1. The minimum atomic E-state index is -0.379. The third kappa shape index (κ3) is 1.25. The summed E-state index contributed by atoms with van der Waals surface area (Å²) in [6, 6.07) is 5.85. The molecule has 0 aromatic heterocycles. The molecule has 1 heterocycles. The fraction of sp³-hybridized carbons (Fsp3) is 0.364. The van der Waals surface area contributed by atoms with Gasteiger partial charge in [0.15, 0.2) is 6.10 Å². The van der Waals surface area contributed by atoms with Crippen molar-refractivity contribution in [3.8, 4) is 5.75 Å². The van der Waals surface area contributed by atoms with Gasteiger partial charge in [0.2, 0.25) is 0 Å². The highest BCUT2D eigenvalue weighted by atomic mass is 16.5. The number of carbonyl (C=O) groups excluding carboxylic acids is 1. The molecule has 2 rings (SSSR count). The highest BCUT2D eigenvalue weighted by Gasteiger charge is 2.28. The fourth-order valence-electron chi connectivity index (χ4n) is 1.62. The van der Waals surface area contributed by atoms with E-state index in [9.17, 15) is 4.79 Å². The molecule has 3 nitrogen and oxygen atoms in total. The first-order chi connectivity index (χ1) is 6.59. The van der Waals surface area contributed by atoms with E-state index in [-0.39, 0.29) is 12.0 Å². The zero-order valence-corrected chi connectivity index (χ0v) is 8.57. The summed E-state index contributed by atoms with van der Waals surface area (Å²) in [4.78, 5) is 13.2. The molecule has 0 radical (unpaired) electrons. The number of nitrogens with zero attached hydrogens (tertiary/aromatic N) is 1. The van der Waals surface area contributed by atoms with Gasteiger partial charge >= 0.3 is 0 Å². The Morgan fingerprint density at radius 2 is 2.14 bits per heavy atom. The number of hydrogen-bond donors (Lipinski definition) is 0. The second-order valence-electron chi connectivity index (χ2n) is 3.63. The quantitative estimate of drug-likeness (QED) is 0.625. The Bertz CT molecular complexity index is 387. The number of anilines is 1. The Kier molecular flexibility index (Phi) is 1.95. The van der Waals surface area contributed by atoms with Crippen molar-refractivity contribution in [3.63, 3.8) is 0 Å². The third-order valence-corrected chi connectivity index (χ3v) is 2.46. The molecule has 0 N–H and O–H groups in total. The lowest BCUT2D eigenvalue weighted by Crippen LogP contribution is -2.41. The van der Waals surface area contributed by atoms with E-state index in [1.807, 2.05) is 25.1 Å². The molecule has 0 saturated carbocycles. The fourth-order valence-corrected chi connectivity index (χ4v) is 1.62. The first-order valence-electron chi connectivity index (χ1n) is 4.64. The van der Waals surface area contributed by atoms with E-state index in [1.165, 1.54) is 0 Å². The van der Waals surface area contributed by atoms with E-state index in [4.69, 9.17) is 4.74 Å². The molecule has 1 aliphatic heterocycles. The average Bonchev–Trinajstić information content (AvgIpc) is 2.16. The summed E-state index contributed by atoms with van der Waals surface area (Å²) < 4.78 is 5.48. The Balaban J connectivity index is 2.51. The third-order valence-electron chi connectivity index (χ3n) is 2.46. The first-order valence-corrected chi connectivity index (χ1v) is 4.64. The van der Waals surface area contributed by atoms with Gasteiger partial charge in [-0.25, -0.2) is 0 Å². The molecule has 0 saturated heterocycles. The van der Waals surface area contributed by atoms with Gasteiger partial charge in [0.25, 0.3) is 5.91 Å². The van der Waals surface area contributed by atoms with E-state index < -0.39 is 0 Å². The van der Waals surface area contributed by atoms with Crippen molar-refractivity contribution in [1.29, 1.82) is 0 Å². The van der Waals surface area contributed by atoms with Crippen LogP contribution in [0.1, 0.15) is 12.5 Å². The Morgan fingerprint density at radius 3 is 2.86 bits per heavy atom. The highest BCUT2D eigenvalue weighted by molar-refractivity contribution is 5.99. The van der Waals surface area contributed by atoms with Crippen molar-refractivity contribution >= 4 is 11.6 Å². The van der Waals surface area contributed by atoms with Crippen molar-refractivity contribution in [2.75, 3.05) is 11.9 Å². The van der Waals surface area contributed by atoms with Crippen molar-refractivity contribution in [3.05, 3.63) is 23.8 Å². The summed E-state index contributed by atoms with van der Waals surface area (Å²) in [5.41, 5.74) is 1.98. The molecule has 3 heteroatoms. The summed E-state index contributed by atoms with van der Waals surface area (Å²) in [7, 11) is 1.78. The summed E-state index contributed by atoms with van der Waals surface area (Å²) in [6.07, 6.45) is -0.379. The van der Waals surface area contributed by atoms with Crippen LogP contribution in [0.4, 0.5) is 5.69 Å². The van der Waals surface area contributed by atoms with Gasteiger partial charge in [0.1, 0.15) is 5.75 Å². The van der Waals surface area contributed by atoms with Crippen LogP contribution in [0, 0.1) is 6.92 Å². The molecule has 74 valence electrons. The van der Waals surface area contributed by atoms with Crippen LogP contribution in [0.3, 0.4) is 0 Å². The second-order valence-corrected chi connectivity index (χ2v) is 3.63. The molecule has 1 aliphatic rings. The Labute approximate surface area is 83.3 Å². The normalized spacial score (nSPS) is 20.4. The van der Waals surface area contributed by atoms with E-state index in [0.29, 0.717) is 0 Å². The zero-order valence-electron chi connectivity index (χ0n) is 8.57. The molecule has 0 aliphatic carbocycles. The zero-order chi connectivity index (χ0) is 10.3. The van der Waals surface area contributed by atoms with Gasteiger partial charge < -0.3 is 9.64 Å². The molecule has 1 aromatic rings. The van der Waals surface area contributed by atoms with Crippen molar-refractivity contribution < 1.29 is 9.53 Å². The number of benzene rings is 1. The average molecular weight is 191 g/mol. The standard InChI is InChI=1S/C11H13NO2/c1-7-4-5-10-9(6-7)12(3)11(13)8(2)14-10/h4-6,8H,1-3H3. The molecule has 14 heavy (non-hydrogen) atoms. The summed E-state index contributed by atoms with van der Waals surface area (Å²) >= 11 is 0. The highest BCUT2D eigenvalue weighted by Crippen LogP contribution is 2.33. The number of likely N-dealkylation sites (N-methyl/N-ethyl adjacent to an activating group) is 1. The second kappa shape index (κ2) is 3.01. The minimum Gasteiger partial charge on any atom is -0.479 e. The molecule has 1 aromatic carbocycles. The van der Waals surface area contributed by atoms with E-state index in [0.717, 1.165) is 17.0 Å². The smallest absolute Gasteiger partial charge is 0.267 e. The molecule has 1 atom stereocenters. The maximum atomic E-state index is 11.6. The molecular formula is C11H13NO2. The van der Waals surface area contributed by atoms with Crippen LogP contribution in [0.5, 0.6) is 5.75 Å². The van der Waals surface area contributed by atoms with Crippen molar-refractivity contribution in [2.45, 2.75) is 20.0 Å². The van der Waals surface area contributed by atoms with E-state index in [2.05, 4.69) is 0 Å². The van der Waals surface area contributed by atoms with Gasteiger partial charge in [-0.3, -0.25) is 4.79 Å². The first kappa shape index (κ1) is 9.06. The largest absolute Gasteiger partial charge is 0.479 e. The molecule has 0 bridgehead atoms. The van der Waals surface area contributed by atoms with E-state index in [1.54, 1.807) is 18.9 Å². The summed E-state index contributed by atoms with van der Waals surface area (Å²) in [5, 5.41) is 0. The number of hydrogen-bond acceptors (Lipinski definition) is 2. The lowest BCUT2D eigenvalue weighted by molar-refractivity contribution is -0.125. The van der Waals surface area contributed by atoms with Crippen molar-refractivity contribution in [1.82, 2.24) is 0 Å². The van der Waals surface area contributed by atoms with Gasteiger partial charge in [-0.15, -0.1) is 0 Å². The van der Waals surface area contributed by atoms with Crippen LogP contribution in [0.25, 0.3) is 0 Å². The summed E-state index contributed by atoms with van der Waals surface area (Å²) in [6.45, 7) is 3.76. The lowest BCUT2D eigenvalue weighted by Gasteiger charge is -2.30. The predicted molar refractivity (Wildman–Crippen MR) is 54.7 cm³/mol. The molecule has 1 amide bonds. The van der Waals surface area contributed by atoms with Crippen LogP contribution in [0.15, 0.2) is 18.2 Å². The van der Waals surface area contributed by atoms with Crippen molar-refractivity contribution in [2.24, 2.45) is 0 Å². The number of amides is 1. The van der Waals surface area contributed by atoms with Crippen LogP contribution in [-0.2, 0) is 4.79 Å². The molecular weight excluding hydrogens is 178 g/mol.